The fraction of sp³-hybridized carbons (Fsp3) is 0.286. The predicted molar refractivity (Wildman–Crippen MR) is 35.7 cm³/mol. The maximum Gasteiger partial charge on any atom is 0.224 e. The molecule has 0 bridgehead atoms. The van der Waals surface area contributed by atoms with Crippen molar-refractivity contribution in [1.82, 2.24) is 5.32 Å². The molecular weight excluding hydrogens is 114 g/mol. The van der Waals surface area contributed by atoms with Crippen LogP contribution in [-0.2, 0) is 4.79 Å². The molecule has 1 heterocycles. The number of nitrogens with one attached hydrogen (secondary N) is 1. The number of amides is 1. The second-order valence-electron chi connectivity index (χ2n) is 1.95. The van der Waals surface area contributed by atoms with E-state index < -0.39 is 0 Å². The smallest absolute Gasteiger partial charge is 0.224 e. The first-order valence-corrected chi connectivity index (χ1v) is 2.95. The summed E-state index contributed by atoms with van der Waals surface area (Å²) in [5.41, 5.74) is 0.839. The van der Waals surface area contributed by atoms with Crippen LogP contribution in [0.2, 0.25) is 0 Å². The topological polar surface area (TPSA) is 29.1 Å². The van der Waals surface area contributed by atoms with Crippen molar-refractivity contribution in [2.24, 2.45) is 0 Å². The zero-order chi connectivity index (χ0) is 6.69. The van der Waals surface area contributed by atoms with Crippen LogP contribution >= 0.6 is 0 Å². The Labute approximate surface area is 54.3 Å². The van der Waals surface area contributed by atoms with Crippen LogP contribution in [0.25, 0.3) is 0 Å². The van der Waals surface area contributed by atoms with Gasteiger partial charge in [-0.15, -0.1) is 0 Å². The quantitative estimate of drug-likeness (QED) is 0.553. The highest BCUT2D eigenvalue weighted by Gasteiger charge is 2.05. The summed E-state index contributed by atoms with van der Waals surface area (Å²) in [6.07, 6.45) is 5.07. The van der Waals surface area contributed by atoms with Crippen molar-refractivity contribution in [1.29, 1.82) is 0 Å². The van der Waals surface area contributed by atoms with E-state index in [-0.39, 0.29) is 5.91 Å². The first-order valence-electron chi connectivity index (χ1n) is 2.95. The van der Waals surface area contributed by atoms with Gasteiger partial charge in [0, 0.05) is 12.1 Å². The van der Waals surface area contributed by atoms with E-state index in [1.807, 2.05) is 6.08 Å². The van der Waals surface area contributed by atoms with Crippen LogP contribution in [0.3, 0.4) is 0 Å². The van der Waals surface area contributed by atoms with Gasteiger partial charge in [0.25, 0.3) is 0 Å². The molecule has 0 aromatic carbocycles. The van der Waals surface area contributed by atoms with E-state index >= 15 is 0 Å². The Kier molecular flexibility index (Phi) is 1.68. The molecule has 9 heavy (non-hydrogen) atoms. The third kappa shape index (κ3) is 1.42. The molecule has 0 aromatic heterocycles. The Balaban J connectivity index is 2.63. The Bertz CT molecular complexity index is 170. The highest BCUT2D eigenvalue weighted by Crippen LogP contribution is 2.03. The minimum atomic E-state index is 0.0902. The molecule has 2 nitrogen and oxygen atoms in total. The lowest BCUT2D eigenvalue weighted by molar-refractivity contribution is -0.120. The van der Waals surface area contributed by atoms with E-state index in [0.717, 1.165) is 12.1 Å². The third-order valence-electron chi connectivity index (χ3n) is 1.24. The summed E-state index contributed by atoms with van der Waals surface area (Å²) >= 11 is 0. The molecule has 0 aliphatic carbocycles. The van der Waals surface area contributed by atoms with Gasteiger partial charge in [-0.2, -0.15) is 0 Å². The van der Waals surface area contributed by atoms with Gasteiger partial charge in [0.05, 0.1) is 0 Å². The molecule has 0 atom stereocenters. The second kappa shape index (κ2) is 2.49. The summed E-state index contributed by atoms with van der Waals surface area (Å²) in [5.74, 6) is 0.0902. The van der Waals surface area contributed by atoms with Gasteiger partial charge in [-0.1, -0.05) is 12.7 Å². The molecule has 0 unspecified atom stereocenters. The molecule has 0 spiro atoms. The summed E-state index contributed by atoms with van der Waals surface area (Å²) in [7, 11) is 0. The van der Waals surface area contributed by atoms with Gasteiger partial charge in [0.2, 0.25) is 5.91 Å². The molecule has 2 heteroatoms. The van der Waals surface area contributed by atoms with Crippen molar-refractivity contribution in [2.45, 2.75) is 12.8 Å². The number of hydrogen-bond acceptors (Lipinski definition) is 1. The molecule has 48 valence electrons. The van der Waals surface area contributed by atoms with E-state index in [2.05, 4.69) is 11.9 Å². The second-order valence-corrected chi connectivity index (χ2v) is 1.95. The fourth-order valence-electron chi connectivity index (χ4n) is 0.768. The molecule has 1 aliphatic heterocycles. The van der Waals surface area contributed by atoms with Crippen molar-refractivity contribution in [3.05, 3.63) is 24.4 Å². The number of carbonyl (C=O) groups is 1. The molecule has 0 saturated carbocycles. The van der Waals surface area contributed by atoms with Gasteiger partial charge in [0.1, 0.15) is 0 Å². The molecule has 0 fully saturated rings. The molecule has 1 N–H and O–H groups in total. The molecule has 1 amide bonds. The highest BCUT2D eigenvalue weighted by atomic mass is 16.1. The normalized spacial score (nSPS) is 18.2. The van der Waals surface area contributed by atoms with Gasteiger partial charge >= 0.3 is 0 Å². The van der Waals surface area contributed by atoms with Gasteiger partial charge in [-0.05, 0) is 12.5 Å². The fourth-order valence-corrected chi connectivity index (χ4v) is 0.768. The molecule has 0 aromatic rings. The summed E-state index contributed by atoms with van der Waals surface area (Å²) in [5, 5.41) is 2.67. The van der Waals surface area contributed by atoms with Crippen LogP contribution in [0.5, 0.6) is 0 Å². The van der Waals surface area contributed by atoms with E-state index in [1.165, 1.54) is 0 Å². The lowest BCUT2D eigenvalue weighted by Crippen LogP contribution is -2.24. The largest absolute Gasteiger partial charge is 0.326 e. The van der Waals surface area contributed by atoms with E-state index in [9.17, 15) is 4.79 Å². The van der Waals surface area contributed by atoms with Gasteiger partial charge < -0.3 is 5.32 Å². The number of allylic oxidation sites excluding steroid dienone is 2. The third-order valence-corrected chi connectivity index (χ3v) is 1.24. The Morgan fingerprint density at radius 1 is 1.78 bits per heavy atom. The van der Waals surface area contributed by atoms with Crippen molar-refractivity contribution in [3.63, 3.8) is 0 Å². The van der Waals surface area contributed by atoms with Gasteiger partial charge in [-0.3, -0.25) is 4.79 Å². The lowest BCUT2D eigenvalue weighted by Gasteiger charge is -2.09. The Hall–Kier alpha value is -1.05. The average Bonchev–Trinajstić information content (AvgIpc) is 1.88. The van der Waals surface area contributed by atoms with Crippen molar-refractivity contribution in [3.8, 4) is 0 Å². The number of hydrogen-bond donors (Lipinski definition) is 1. The monoisotopic (exact) mass is 123 g/mol. The van der Waals surface area contributed by atoms with Crippen LogP contribution in [-0.4, -0.2) is 5.91 Å². The van der Waals surface area contributed by atoms with E-state index in [1.54, 1.807) is 6.08 Å². The standard InChI is InChI=1S/C7H9NO/c1-2-6-4-3-5-7(9)8-6/h2,4H,1,3,5H2,(H,8,9). The lowest BCUT2D eigenvalue weighted by atomic mass is 10.2. The van der Waals surface area contributed by atoms with Crippen molar-refractivity contribution >= 4 is 5.91 Å². The minimum absolute atomic E-state index is 0.0902. The minimum Gasteiger partial charge on any atom is -0.326 e. The summed E-state index contributed by atoms with van der Waals surface area (Å²) in [4.78, 5) is 10.6. The summed E-state index contributed by atoms with van der Waals surface area (Å²) < 4.78 is 0. The Morgan fingerprint density at radius 3 is 3.00 bits per heavy atom. The van der Waals surface area contributed by atoms with E-state index in [0.29, 0.717) is 6.42 Å². The van der Waals surface area contributed by atoms with Crippen molar-refractivity contribution < 1.29 is 4.79 Å². The maximum absolute atomic E-state index is 10.6. The van der Waals surface area contributed by atoms with Crippen molar-refractivity contribution in [2.75, 3.05) is 0 Å². The molecular formula is C7H9NO. The first-order chi connectivity index (χ1) is 4.33. The Morgan fingerprint density at radius 2 is 2.56 bits per heavy atom. The highest BCUT2D eigenvalue weighted by molar-refractivity contribution is 5.79. The van der Waals surface area contributed by atoms with Gasteiger partial charge in [0.15, 0.2) is 0 Å². The zero-order valence-electron chi connectivity index (χ0n) is 5.18. The molecule has 0 radical (unpaired) electrons. The maximum atomic E-state index is 10.6. The summed E-state index contributed by atoms with van der Waals surface area (Å²) in [6, 6.07) is 0. The molecule has 1 aliphatic rings. The molecule has 1 rings (SSSR count). The number of rotatable bonds is 1. The van der Waals surface area contributed by atoms with Crippen LogP contribution in [0.4, 0.5) is 0 Å². The summed E-state index contributed by atoms with van der Waals surface area (Å²) in [6.45, 7) is 3.54. The average molecular weight is 123 g/mol. The first kappa shape index (κ1) is 6.08. The van der Waals surface area contributed by atoms with Crippen LogP contribution in [0.1, 0.15) is 12.8 Å². The van der Waals surface area contributed by atoms with Crippen LogP contribution in [0.15, 0.2) is 24.4 Å². The van der Waals surface area contributed by atoms with Crippen LogP contribution < -0.4 is 5.32 Å². The van der Waals surface area contributed by atoms with Gasteiger partial charge in [-0.25, -0.2) is 0 Å². The number of carbonyl (C=O) groups excluding carboxylic acids is 1. The van der Waals surface area contributed by atoms with E-state index in [4.69, 9.17) is 0 Å². The SMILES string of the molecule is C=CC1=CCCC(=O)N1. The molecule has 0 saturated heterocycles. The zero-order valence-corrected chi connectivity index (χ0v) is 5.18. The van der Waals surface area contributed by atoms with Crippen LogP contribution in [0, 0.1) is 0 Å². The predicted octanol–water partition coefficient (Wildman–Crippen LogP) is 0.966.